The molecule has 164 valence electrons. The van der Waals surface area contributed by atoms with Crippen molar-refractivity contribution in [1.29, 1.82) is 0 Å². The molecule has 2 aliphatic rings. The number of carbonyl (C=O) groups is 1. The van der Waals surface area contributed by atoms with E-state index in [0.29, 0.717) is 17.0 Å². The van der Waals surface area contributed by atoms with Gasteiger partial charge >= 0.3 is 0 Å². The van der Waals surface area contributed by atoms with Gasteiger partial charge in [0.25, 0.3) is 5.91 Å². The van der Waals surface area contributed by atoms with Crippen molar-refractivity contribution in [2.45, 2.75) is 45.6 Å². The van der Waals surface area contributed by atoms with Gasteiger partial charge in [-0.05, 0) is 66.5 Å². The number of benzene rings is 2. The maximum atomic E-state index is 15.5. The molecule has 0 saturated carbocycles. The molecule has 0 spiro atoms. The highest BCUT2D eigenvalue weighted by Crippen LogP contribution is 2.42. The zero-order chi connectivity index (χ0) is 22.1. The first-order valence-corrected chi connectivity index (χ1v) is 11.0. The van der Waals surface area contributed by atoms with Crippen molar-refractivity contribution < 1.29 is 14.3 Å². The molecule has 5 nitrogen and oxygen atoms in total. The molecule has 1 atom stereocenters. The Morgan fingerprint density at radius 1 is 1.26 bits per heavy atom. The number of nitrogens with two attached hydrogens (primary N) is 1. The van der Waals surface area contributed by atoms with Crippen LogP contribution < -0.4 is 11.1 Å². The molecule has 0 unspecified atom stereocenters. The van der Waals surface area contributed by atoms with E-state index >= 15 is 4.39 Å². The Morgan fingerprint density at radius 2 is 2.06 bits per heavy atom. The molecule has 5 rings (SSSR count). The van der Waals surface area contributed by atoms with Gasteiger partial charge in [0, 0.05) is 30.3 Å². The van der Waals surface area contributed by atoms with Crippen molar-refractivity contribution in [2.24, 2.45) is 11.7 Å². The molecule has 1 amide bonds. The molecule has 3 aromatic rings. The van der Waals surface area contributed by atoms with E-state index in [1.54, 1.807) is 0 Å². The zero-order valence-electron chi connectivity index (χ0n) is 18.1. The Kier molecular flexibility index (Phi) is 6.12. The van der Waals surface area contributed by atoms with Crippen LogP contribution in [-0.2, 0) is 25.8 Å². The van der Waals surface area contributed by atoms with Crippen molar-refractivity contribution in [1.82, 2.24) is 10.3 Å². The molecule has 1 aliphatic heterocycles. The number of hydrogen-bond acceptors (Lipinski definition) is 3. The summed E-state index contributed by atoms with van der Waals surface area (Å²) < 4.78 is 15.5. The van der Waals surface area contributed by atoms with Gasteiger partial charge in [-0.1, -0.05) is 31.5 Å². The molecule has 0 bridgehead atoms. The molecular formula is C25H30FN3O2. The van der Waals surface area contributed by atoms with E-state index in [9.17, 15) is 4.79 Å². The van der Waals surface area contributed by atoms with Crippen molar-refractivity contribution >= 4 is 16.8 Å². The van der Waals surface area contributed by atoms with Crippen LogP contribution in [0.5, 0.6) is 0 Å². The van der Waals surface area contributed by atoms with Crippen LogP contribution in [0.3, 0.4) is 0 Å². The zero-order valence-corrected chi connectivity index (χ0v) is 18.1. The van der Waals surface area contributed by atoms with E-state index in [1.807, 2.05) is 12.1 Å². The van der Waals surface area contributed by atoms with Gasteiger partial charge in [-0.3, -0.25) is 4.79 Å². The van der Waals surface area contributed by atoms with Gasteiger partial charge in [0.1, 0.15) is 5.82 Å². The maximum absolute atomic E-state index is 15.5. The van der Waals surface area contributed by atoms with Crippen LogP contribution in [0.25, 0.3) is 22.0 Å². The molecule has 0 fully saturated rings. The number of aryl methyl sites for hydroxylation is 1. The van der Waals surface area contributed by atoms with E-state index in [2.05, 4.69) is 23.3 Å². The third-order valence-electron chi connectivity index (χ3n) is 6.77. The minimum atomic E-state index is -0.592. The first kappa shape index (κ1) is 21.5. The SMILES string of the molecule is CC[C@H]1CCc2c([nH]c3c(C(N)=O)cc(F)c(-c4cccc5c4CCNC5)c23)C1.CO. The first-order valence-electron chi connectivity index (χ1n) is 11.0. The normalized spacial score (nSPS) is 17.5. The standard InChI is InChI=1S/C24H26FN3O.CH4O/c1-2-13-6-7-17-20(10-13)28-23-18(24(26)29)11-19(25)21(22(17)23)16-5-3-4-14-12-27-9-8-15(14)16;1-2/h3-5,11,13,27-28H,2,6-10,12H2,1H3,(H2,26,29);2H,1H3/t13-;/m0./s1. The Balaban J connectivity index is 0.00000112. The van der Waals surface area contributed by atoms with Crippen molar-refractivity contribution in [3.63, 3.8) is 0 Å². The number of aromatic nitrogens is 1. The highest BCUT2D eigenvalue weighted by Gasteiger charge is 2.28. The highest BCUT2D eigenvalue weighted by molar-refractivity contribution is 6.11. The summed E-state index contributed by atoms with van der Waals surface area (Å²) in [7, 11) is 1.00. The van der Waals surface area contributed by atoms with Crippen molar-refractivity contribution in [3.05, 3.63) is 58.0 Å². The fourth-order valence-corrected chi connectivity index (χ4v) is 5.22. The summed E-state index contributed by atoms with van der Waals surface area (Å²) in [5.74, 6) is -0.334. The van der Waals surface area contributed by atoms with Crippen molar-refractivity contribution in [2.75, 3.05) is 13.7 Å². The van der Waals surface area contributed by atoms with Crippen LogP contribution in [0.4, 0.5) is 4.39 Å². The van der Waals surface area contributed by atoms with E-state index in [1.165, 1.54) is 17.2 Å². The van der Waals surface area contributed by atoms with E-state index in [4.69, 9.17) is 10.8 Å². The lowest BCUT2D eigenvalue weighted by atomic mass is 9.83. The average molecular weight is 424 g/mol. The summed E-state index contributed by atoms with van der Waals surface area (Å²) >= 11 is 0. The highest BCUT2D eigenvalue weighted by atomic mass is 19.1. The fourth-order valence-electron chi connectivity index (χ4n) is 5.22. The van der Waals surface area contributed by atoms with Crippen LogP contribution in [0, 0.1) is 11.7 Å². The molecule has 6 heteroatoms. The number of primary amides is 1. The Bertz CT molecular complexity index is 1140. The fraction of sp³-hybridized carbons (Fsp3) is 0.400. The topological polar surface area (TPSA) is 91.1 Å². The summed E-state index contributed by atoms with van der Waals surface area (Å²) in [4.78, 5) is 15.6. The van der Waals surface area contributed by atoms with E-state index in [0.717, 1.165) is 74.5 Å². The smallest absolute Gasteiger partial charge is 0.250 e. The molecule has 5 N–H and O–H groups in total. The number of aliphatic hydroxyl groups excluding tert-OH is 1. The summed E-state index contributed by atoms with van der Waals surface area (Å²) in [5.41, 5.74) is 12.9. The average Bonchev–Trinajstić information content (AvgIpc) is 3.18. The number of fused-ring (bicyclic) bond motifs is 4. The Hall–Kier alpha value is -2.70. The van der Waals surface area contributed by atoms with Gasteiger partial charge in [0.05, 0.1) is 11.1 Å². The predicted molar refractivity (Wildman–Crippen MR) is 122 cm³/mol. The van der Waals surface area contributed by atoms with Gasteiger partial charge in [0.2, 0.25) is 0 Å². The second kappa shape index (κ2) is 8.81. The van der Waals surface area contributed by atoms with Gasteiger partial charge in [0.15, 0.2) is 0 Å². The second-order valence-corrected chi connectivity index (χ2v) is 8.36. The van der Waals surface area contributed by atoms with Gasteiger partial charge in [-0.2, -0.15) is 0 Å². The summed E-state index contributed by atoms with van der Waals surface area (Å²) in [6.45, 7) is 3.90. The Labute approximate surface area is 181 Å². The number of aliphatic hydroxyl groups is 1. The van der Waals surface area contributed by atoms with Crippen LogP contribution in [-0.4, -0.2) is 29.7 Å². The molecule has 1 aliphatic carbocycles. The lowest BCUT2D eigenvalue weighted by molar-refractivity contribution is 0.100. The number of carbonyl (C=O) groups excluding carboxylic acids is 1. The van der Waals surface area contributed by atoms with Crippen molar-refractivity contribution in [3.8, 4) is 11.1 Å². The van der Waals surface area contributed by atoms with E-state index < -0.39 is 5.91 Å². The van der Waals surface area contributed by atoms with Gasteiger partial charge in [-0.25, -0.2) is 4.39 Å². The minimum absolute atomic E-state index is 0.246. The van der Waals surface area contributed by atoms with Crippen LogP contribution >= 0.6 is 0 Å². The Morgan fingerprint density at radius 3 is 2.81 bits per heavy atom. The summed E-state index contributed by atoms with van der Waals surface area (Å²) in [5, 5.41) is 11.2. The van der Waals surface area contributed by atoms with Gasteiger partial charge in [-0.15, -0.1) is 0 Å². The monoisotopic (exact) mass is 423 g/mol. The lowest BCUT2D eigenvalue weighted by Crippen LogP contribution is -2.24. The number of halogens is 1. The third-order valence-corrected chi connectivity index (χ3v) is 6.77. The quantitative estimate of drug-likeness (QED) is 0.516. The van der Waals surface area contributed by atoms with Gasteiger partial charge < -0.3 is 21.1 Å². The first-order chi connectivity index (χ1) is 15.1. The number of H-pyrrole nitrogens is 1. The number of hydrogen-bond donors (Lipinski definition) is 4. The van der Waals surface area contributed by atoms with Crippen LogP contribution in [0.2, 0.25) is 0 Å². The molecule has 1 aromatic heterocycles. The lowest BCUT2D eigenvalue weighted by Gasteiger charge is -2.23. The molecular weight excluding hydrogens is 393 g/mol. The molecule has 31 heavy (non-hydrogen) atoms. The maximum Gasteiger partial charge on any atom is 0.250 e. The number of aromatic amines is 1. The largest absolute Gasteiger partial charge is 0.400 e. The van der Waals surface area contributed by atoms with Crippen LogP contribution in [0.15, 0.2) is 24.3 Å². The number of rotatable bonds is 3. The number of amides is 1. The molecule has 0 saturated heterocycles. The molecule has 2 heterocycles. The molecule has 0 radical (unpaired) electrons. The predicted octanol–water partition coefficient (Wildman–Crippen LogP) is 3.84. The van der Waals surface area contributed by atoms with Crippen LogP contribution in [0.1, 0.15) is 52.5 Å². The summed E-state index contributed by atoms with van der Waals surface area (Å²) in [6, 6.07) is 7.44. The number of nitrogens with one attached hydrogen (secondary N) is 2. The molecule has 2 aromatic carbocycles. The second-order valence-electron chi connectivity index (χ2n) is 8.36. The minimum Gasteiger partial charge on any atom is -0.400 e. The van der Waals surface area contributed by atoms with E-state index in [-0.39, 0.29) is 11.4 Å². The summed E-state index contributed by atoms with van der Waals surface area (Å²) in [6.07, 6.45) is 4.93. The third kappa shape index (κ3) is 3.64.